The standard InChI is InChI=1S/C11H13N2S2.3ClH.Zn/c1-2-6-13(7-3-1)9-4-5-10-11(8-9)14-15-12-10;;;;/h4-5,8H,1-3,6-7H2;3*1H;/q+1;;;;+2/p-3. The number of hydrogen-bond donors (Lipinski definition) is 0. The largest absolute Gasteiger partial charge is 0.230 e. The van der Waals surface area contributed by atoms with Crippen LogP contribution in [0.15, 0.2) is 18.2 Å². The molecule has 2 heterocycles. The molecule has 0 atom stereocenters. The second kappa shape index (κ2) is 8.26. The van der Waals surface area contributed by atoms with Crippen LogP contribution in [-0.4, -0.2) is 17.5 Å². The first-order valence-electron chi connectivity index (χ1n) is 6.17. The van der Waals surface area contributed by atoms with E-state index in [1.54, 1.807) is 20.9 Å². The predicted molar refractivity (Wildman–Crippen MR) is 83.0 cm³/mol. The van der Waals surface area contributed by atoms with Crippen molar-refractivity contribution in [1.82, 2.24) is 8.95 Å². The van der Waals surface area contributed by atoms with Gasteiger partial charge in [-0.05, 0) is 12.5 Å². The molecular weight excluding hydrogens is 396 g/mol. The van der Waals surface area contributed by atoms with Crippen molar-refractivity contribution < 1.29 is 13.0 Å². The van der Waals surface area contributed by atoms with Gasteiger partial charge < -0.3 is 0 Å². The van der Waals surface area contributed by atoms with Gasteiger partial charge in [-0.25, -0.2) is 4.58 Å². The van der Waals surface area contributed by atoms with Gasteiger partial charge in [-0.3, -0.25) is 0 Å². The van der Waals surface area contributed by atoms with Crippen molar-refractivity contribution in [2.45, 2.75) is 19.3 Å². The van der Waals surface area contributed by atoms with Gasteiger partial charge in [0.1, 0.15) is 13.1 Å². The monoisotopic (exact) mass is 406 g/mol. The number of fused-ring (bicyclic) bond motifs is 1. The van der Waals surface area contributed by atoms with E-state index in [0.717, 1.165) is 5.69 Å². The van der Waals surface area contributed by atoms with Crippen LogP contribution in [0.25, 0.3) is 10.6 Å². The molecule has 3 aliphatic rings. The van der Waals surface area contributed by atoms with E-state index in [2.05, 4.69) is 27.1 Å². The summed E-state index contributed by atoms with van der Waals surface area (Å²) in [6.07, 6.45) is 4.06. The number of benzene rings is 1. The SMILES string of the molecule is [Cl][Zn-]([Cl])[Cl].c1cc(=[N+]2CCCCC2)cc2ssnc1-2. The molecule has 1 fully saturated rings. The summed E-state index contributed by atoms with van der Waals surface area (Å²) in [5, 5.41) is 1.37. The van der Waals surface area contributed by atoms with Crippen LogP contribution in [0.5, 0.6) is 0 Å². The summed E-state index contributed by atoms with van der Waals surface area (Å²) in [6.45, 7) is 2.43. The smallest absolute Gasteiger partial charge is 0.201 e. The van der Waals surface area contributed by atoms with Crippen molar-refractivity contribution in [3.63, 3.8) is 0 Å². The van der Waals surface area contributed by atoms with Gasteiger partial charge in [-0.15, -0.1) is 0 Å². The number of aromatic nitrogens is 1. The molecule has 1 aliphatic carbocycles. The molecule has 0 aromatic carbocycles. The second-order valence-corrected chi connectivity index (χ2v) is 20.0. The minimum atomic E-state index is -2.21. The molecule has 8 heteroatoms. The Kier molecular flexibility index (Phi) is 7.01. The fourth-order valence-electron chi connectivity index (χ4n) is 2.09. The van der Waals surface area contributed by atoms with E-state index in [0.29, 0.717) is 0 Å². The van der Waals surface area contributed by atoms with Gasteiger partial charge in [-0.2, -0.15) is 4.37 Å². The summed E-state index contributed by atoms with van der Waals surface area (Å²) in [4.78, 5) is 1.32. The van der Waals surface area contributed by atoms with Crippen molar-refractivity contribution in [3.05, 3.63) is 23.6 Å². The number of rotatable bonds is 0. The van der Waals surface area contributed by atoms with Gasteiger partial charge >= 0.3 is 42.1 Å². The van der Waals surface area contributed by atoms with Crippen LogP contribution in [0.1, 0.15) is 19.3 Å². The summed E-state index contributed by atoms with van der Waals surface area (Å²) in [5.41, 5.74) is 1.14. The molecule has 2 aliphatic heterocycles. The van der Waals surface area contributed by atoms with E-state index in [9.17, 15) is 0 Å². The Labute approximate surface area is 137 Å². The third-order valence-corrected chi connectivity index (χ3v) is 4.77. The molecule has 0 radical (unpaired) electrons. The van der Waals surface area contributed by atoms with Crippen molar-refractivity contribution in [1.29, 1.82) is 0 Å². The topological polar surface area (TPSA) is 15.9 Å². The molecule has 3 rings (SSSR count). The maximum atomic E-state index is 5.01. The van der Waals surface area contributed by atoms with E-state index in [-0.39, 0.29) is 0 Å². The first-order valence-corrected chi connectivity index (χ1v) is 20.0. The van der Waals surface area contributed by atoms with Crippen molar-refractivity contribution >= 4 is 49.9 Å². The molecular formula is C11H13Cl3N2S2Zn. The Balaban J connectivity index is 0.000000297. The Morgan fingerprint density at radius 2 is 1.79 bits per heavy atom. The predicted octanol–water partition coefficient (Wildman–Crippen LogP) is 4.33. The Bertz CT molecular complexity index is 544. The van der Waals surface area contributed by atoms with Gasteiger partial charge in [0.15, 0.2) is 0 Å². The quantitative estimate of drug-likeness (QED) is 0.360. The number of nitrogens with zero attached hydrogens (tertiary/aromatic N) is 2. The van der Waals surface area contributed by atoms with Crippen molar-refractivity contribution in [2.75, 3.05) is 13.1 Å². The second-order valence-electron chi connectivity index (χ2n) is 4.25. The van der Waals surface area contributed by atoms with Crippen LogP contribution in [-0.2, 0) is 13.0 Å². The van der Waals surface area contributed by atoms with E-state index >= 15 is 0 Å². The summed E-state index contributed by atoms with van der Waals surface area (Å²) >= 11 is -2.21. The average Bonchev–Trinajstić information content (AvgIpc) is 2.86. The van der Waals surface area contributed by atoms with E-state index in [1.165, 1.54) is 42.6 Å². The average molecular weight is 409 g/mol. The molecule has 1 saturated heterocycles. The number of halogens is 3. The van der Waals surface area contributed by atoms with Crippen molar-refractivity contribution in [3.8, 4) is 10.6 Å². The zero-order chi connectivity index (χ0) is 13.7. The van der Waals surface area contributed by atoms with Crippen LogP contribution < -0.4 is 9.93 Å². The molecule has 0 N–H and O–H groups in total. The zero-order valence-electron chi connectivity index (χ0n) is 10.3. The molecule has 0 amide bonds. The Morgan fingerprint density at radius 3 is 2.47 bits per heavy atom. The molecule has 19 heavy (non-hydrogen) atoms. The number of hydrogen-bond acceptors (Lipinski definition) is 3. The first kappa shape index (κ1) is 16.1. The van der Waals surface area contributed by atoms with E-state index in [1.807, 2.05) is 0 Å². The molecule has 0 saturated carbocycles. The third-order valence-electron chi connectivity index (χ3n) is 2.93. The van der Waals surface area contributed by atoms with Crippen LogP contribution in [0.3, 0.4) is 0 Å². The normalized spacial score (nSPS) is 15.0. The Hall–Kier alpha value is 0.753. The van der Waals surface area contributed by atoms with Gasteiger partial charge in [0.25, 0.3) is 0 Å². The van der Waals surface area contributed by atoms with E-state index in [4.69, 9.17) is 29.1 Å². The van der Waals surface area contributed by atoms with Crippen LogP contribution in [0.4, 0.5) is 0 Å². The molecule has 0 spiro atoms. The minimum absolute atomic E-state index is 1.14. The van der Waals surface area contributed by atoms with Crippen molar-refractivity contribution in [2.24, 2.45) is 0 Å². The molecule has 2 nitrogen and oxygen atoms in total. The van der Waals surface area contributed by atoms with Gasteiger partial charge in [-0.1, -0.05) is 10.3 Å². The molecule has 0 unspecified atom stereocenters. The third kappa shape index (κ3) is 5.22. The fourth-order valence-corrected chi connectivity index (χ4v) is 3.87. The minimum Gasteiger partial charge on any atom is -0.230 e. The van der Waals surface area contributed by atoms with Crippen LogP contribution >= 0.6 is 49.9 Å². The van der Waals surface area contributed by atoms with Gasteiger partial charge in [0, 0.05) is 35.5 Å². The van der Waals surface area contributed by atoms with Crippen LogP contribution in [0.2, 0.25) is 0 Å². The van der Waals surface area contributed by atoms with Crippen LogP contribution in [0, 0.1) is 0 Å². The molecule has 0 aromatic heterocycles. The summed E-state index contributed by atoms with van der Waals surface area (Å²) in [6, 6.07) is 6.64. The zero-order valence-corrected chi connectivity index (χ0v) is 17.2. The maximum Gasteiger partial charge on any atom is 0.201 e. The molecule has 102 valence electrons. The molecule has 0 aromatic rings. The molecule has 0 bridgehead atoms. The number of piperidine rings is 1. The van der Waals surface area contributed by atoms with Gasteiger partial charge in [0.05, 0.1) is 10.6 Å². The van der Waals surface area contributed by atoms with E-state index < -0.39 is 13.0 Å². The van der Waals surface area contributed by atoms with Gasteiger partial charge in [0.2, 0.25) is 5.36 Å². The first-order chi connectivity index (χ1) is 9.16. The Morgan fingerprint density at radius 1 is 1.11 bits per heavy atom. The summed E-state index contributed by atoms with van der Waals surface area (Å²) < 4.78 is 6.84. The summed E-state index contributed by atoms with van der Waals surface area (Å²) in [7, 11) is 18.4. The fraction of sp³-hybridized carbons (Fsp3) is 0.455. The maximum absolute atomic E-state index is 5.01. The summed E-state index contributed by atoms with van der Waals surface area (Å²) in [5.74, 6) is 0.